The Hall–Kier alpha value is -1.96. The summed E-state index contributed by atoms with van der Waals surface area (Å²) >= 11 is 1.49. The molecule has 0 unspecified atom stereocenters. The number of thiazole rings is 1. The Morgan fingerprint density at radius 2 is 2.53 bits per heavy atom. The predicted molar refractivity (Wildman–Crippen MR) is 61.8 cm³/mol. The van der Waals surface area contributed by atoms with E-state index in [-0.39, 0.29) is 19.1 Å². The molecule has 1 N–H and O–H groups in total. The van der Waals surface area contributed by atoms with E-state index in [0.29, 0.717) is 5.69 Å². The molecule has 92 valence electrons. The SMILES string of the molecule is Cc1nc(C=CC(=O)NCCO[N+](=O)[O-])cs1. The molecule has 1 rings (SSSR count). The van der Waals surface area contributed by atoms with Gasteiger partial charge in [-0.2, -0.15) is 0 Å². The quantitative estimate of drug-likeness (QED) is 0.352. The van der Waals surface area contributed by atoms with Crippen molar-refractivity contribution in [2.45, 2.75) is 6.92 Å². The fourth-order valence-electron chi connectivity index (χ4n) is 0.971. The van der Waals surface area contributed by atoms with Gasteiger partial charge in [0.1, 0.15) is 6.61 Å². The van der Waals surface area contributed by atoms with E-state index < -0.39 is 5.09 Å². The van der Waals surface area contributed by atoms with E-state index in [1.165, 1.54) is 17.4 Å². The second-order valence-electron chi connectivity index (χ2n) is 2.97. The van der Waals surface area contributed by atoms with E-state index in [9.17, 15) is 14.9 Å². The number of aryl methyl sites for hydroxylation is 1. The van der Waals surface area contributed by atoms with Crippen LogP contribution in [0.4, 0.5) is 0 Å². The minimum atomic E-state index is -0.903. The Morgan fingerprint density at radius 1 is 1.76 bits per heavy atom. The Morgan fingerprint density at radius 3 is 3.12 bits per heavy atom. The largest absolute Gasteiger partial charge is 0.351 e. The maximum atomic E-state index is 11.2. The van der Waals surface area contributed by atoms with Crippen LogP contribution in [0, 0.1) is 17.0 Å². The number of rotatable bonds is 6. The Balaban J connectivity index is 2.25. The summed E-state index contributed by atoms with van der Waals surface area (Å²) in [5, 5.41) is 14.1. The summed E-state index contributed by atoms with van der Waals surface area (Å²) < 4.78 is 0. The molecule has 1 aromatic rings. The summed E-state index contributed by atoms with van der Waals surface area (Å²) in [7, 11) is 0. The molecule has 0 fully saturated rings. The molecule has 0 saturated carbocycles. The topological polar surface area (TPSA) is 94.4 Å². The average Bonchev–Trinajstić information content (AvgIpc) is 2.67. The number of carbonyl (C=O) groups is 1. The van der Waals surface area contributed by atoms with Crippen LogP contribution >= 0.6 is 11.3 Å². The number of hydrogen-bond donors (Lipinski definition) is 1. The number of amides is 1. The van der Waals surface area contributed by atoms with Gasteiger partial charge in [0.05, 0.1) is 10.7 Å². The first-order valence-corrected chi connectivity index (χ1v) is 5.61. The first-order chi connectivity index (χ1) is 8.08. The van der Waals surface area contributed by atoms with Crippen LogP contribution in [0.5, 0.6) is 0 Å². The summed E-state index contributed by atoms with van der Waals surface area (Å²) in [5.41, 5.74) is 0.712. The summed E-state index contributed by atoms with van der Waals surface area (Å²) in [6.45, 7) is 1.79. The van der Waals surface area contributed by atoms with Gasteiger partial charge < -0.3 is 10.2 Å². The molecule has 0 saturated heterocycles. The number of carbonyl (C=O) groups excluding carboxylic acids is 1. The second kappa shape index (κ2) is 6.59. The van der Waals surface area contributed by atoms with E-state index in [1.807, 2.05) is 12.3 Å². The maximum Gasteiger partial charge on any atom is 0.294 e. The molecule has 0 aliphatic rings. The molecular formula is C9H11N3O4S. The van der Waals surface area contributed by atoms with Crippen molar-refractivity contribution in [3.05, 3.63) is 32.3 Å². The van der Waals surface area contributed by atoms with Gasteiger partial charge in [0, 0.05) is 18.0 Å². The molecule has 8 heteroatoms. The normalized spacial score (nSPS) is 10.4. The molecular weight excluding hydrogens is 246 g/mol. The smallest absolute Gasteiger partial charge is 0.294 e. The van der Waals surface area contributed by atoms with Crippen LogP contribution in [0.2, 0.25) is 0 Å². The van der Waals surface area contributed by atoms with Crippen LogP contribution in [-0.2, 0) is 9.63 Å². The lowest BCUT2D eigenvalue weighted by atomic mass is 10.4. The van der Waals surface area contributed by atoms with Gasteiger partial charge in [-0.1, -0.05) is 0 Å². The van der Waals surface area contributed by atoms with Crippen LogP contribution in [0.25, 0.3) is 6.08 Å². The van der Waals surface area contributed by atoms with Crippen LogP contribution in [0.1, 0.15) is 10.7 Å². The number of nitrogens with zero attached hydrogens (tertiary/aromatic N) is 2. The van der Waals surface area contributed by atoms with Crippen molar-refractivity contribution < 1.29 is 14.7 Å². The lowest BCUT2D eigenvalue weighted by molar-refractivity contribution is -0.757. The summed E-state index contributed by atoms with van der Waals surface area (Å²) in [4.78, 5) is 29.2. The van der Waals surface area contributed by atoms with E-state index in [0.717, 1.165) is 5.01 Å². The summed E-state index contributed by atoms with van der Waals surface area (Å²) in [6.07, 6.45) is 2.90. The molecule has 0 aliphatic carbocycles. The van der Waals surface area contributed by atoms with Crippen LogP contribution in [-0.4, -0.2) is 29.1 Å². The molecule has 0 bridgehead atoms. The highest BCUT2D eigenvalue weighted by molar-refractivity contribution is 7.09. The van der Waals surface area contributed by atoms with Crippen LogP contribution < -0.4 is 5.32 Å². The predicted octanol–water partition coefficient (Wildman–Crippen LogP) is 0.789. The first-order valence-electron chi connectivity index (χ1n) is 4.73. The third-order valence-corrected chi connectivity index (χ3v) is 2.43. The zero-order chi connectivity index (χ0) is 12.7. The van der Waals surface area contributed by atoms with E-state index in [2.05, 4.69) is 15.1 Å². The molecule has 0 aromatic carbocycles. The minimum absolute atomic E-state index is 0.0836. The van der Waals surface area contributed by atoms with Crippen LogP contribution in [0.3, 0.4) is 0 Å². The third-order valence-electron chi connectivity index (χ3n) is 1.64. The molecule has 0 aliphatic heterocycles. The number of nitrogens with one attached hydrogen (secondary N) is 1. The van der Waals surface area contributed by atoms with Crippen molar-refractivity contribution in [3.63, 3.8) is 0 Å². The Labute approximate surface area is 101 Å². The standard InChI is InChI=1S/C9H11N3O4S/c1-7-11-8(6-17-7)2-3-9(13)10-4-5-16-12(14)15/h2-3,6H,4-5H2,1H3,(H,10,13). The van der Waals surface area contributed by atoms with E-state index in [4.69, 9.17) is 0 Å². The van der Waals surface area contributed by atoms with Crippen molar-refractivity contribution in [1.29, 1.82) is 0 Å². The van der Waals surface area contributed by atoms with E-state index >= 15 is 0 Å². The molecule has 1 aromatic heterocycles. The zero-order valence-corrected chi connectivity index (χ0v) is 9.90. The summed E-state index contributed by atoms with van der Waals surface area (Å²) in [6, 6.07) is 0. The third kappa shape index (κ3) is 5.61. The zero-order valence-electron chi connectivity index (χ0n) is 9.08. The monoisotopic (exact) mass is 257 g/mol. The van der Waals surface area contributed by atoms with Crippen molar-refractivity contribution in [2.24, 2.45) is 0 Å². The fraction of sp³-hybridized carbons (Fsp3) is 0.333. The fourth-order valence-corrected chi connectivity index (χ4v) is 1.55. The molecule has 0 atom stereocenters. The molecule has 0 spiro atoms. The highest BCUT2D eigenvalue weighted by Gasteiger charge is 1.98. The van der Waals surface area contributed by atoms with Crippen molar-refractivity contribution in [1.82, 2.24) is 10.3 Å². The average molecular weight is 257 g/mol. The molecule has 17 heavy (non-hydrogen) atoms. The molecule has 1 heterocycles. The maximum absolute atomic E-state index is 11.2. The second-order valence-corrected chi connectivity index (χ2v) is 4.03. The molecule has 7 nitrogen and oxygen atoms in total. The van der Waals surface area contributed by atoms with Gasteiger partial charge in [-0.3, -0.25) is 4.79 Å². The highest BCUT2D eigenvalue weighted by Crippen LogP contribution is 2.08. The van der Waals surface area contributed by atoms with Crippen molar-refractivity contribution in [2.75, 3.05) is 13.2 Å². The highest BCUT2D eigenvalue weighted by atomic mass is 32.1. The first kappa shape index (κ1) is 13.1. The number of hydrogen-bond acceptors (Lipinski definition) is 6. The van der Waals surface area contributed by atoms with Crippen molar-refractivity contribution in [3.8, 4) is 0 Å². The lowest BCUT2D eigenvalue weighted by Gasteiger charge is -1.99. The Kier molecular flexibility index (Phi) is 5.08. The summed E-state index contributed by atoms with van der Waals surface area (Å²) in [5.74, 6) is -0.345. The molecule has 1 amide bonds. The van der Waals surface area contributed by atoms with Gasteiger partial charge in [-0.05, 0) is 13.0 Å². The minimum Gasteiger partial charge on any atom is -0.351 e. The van der Waals surface area contributed by atoms with Gasteiger partial charge in [-0.15, -0.1) is 21.5 Å². The van der Waals surface area contributed by atoms with Crippen molar-refractivity contribution >= 4 is 23.3 Å². The lowest BCUT2D eigenvalue weighted by Crippen LogP contribution is -2.26. The molecule has 0 radical (unpaired) electrons. The van der Waals surface area contributed by atoms with Gasteiger partial charge >= 0.3 is 0 Å². The van der Waals surface area contributed by atoms with Gasteiger partial charge in [0.15, 0.2) is 0 Å². The van der Waals surface area contributed by atoms with E-state index in [1.54, 1.807) is 6.08 Å². The van der Waals surface area contributed by atoms with Gasteiger partial charge in [0.2, 0.25) is 5.91 Å². The number of aromatic nitrogens is 1. The van der Waals surface area contributed by atoms with Gasteiger partial charge in [0.25, 0.3) is 5.09 Å². The van der Waals surface area contributed by atoms with Gasteiger partial charge in [-0.25, -0.2) is 4.98 Å². The Bertz CT molecular complexity index is 430. The van der Waals surface area contributed by atoms with Crippen LogP contribution in [0.15, 0.2) is 11.5 Å².